The molecule has 4 rings (SSSR count). The molecule has 0 bridgehead atoms. The summed E-state index contributed by atoms with van der Waals surface area (Å²) >= 11 is 0. The van der Waals surface area contributed by atoms with Crippen LogP contribution in [0.4, 0.5) is 4.79 Å². The molecule has 11 nitrogen and oxygen atoms in total. The summed E-state index contributed by atoms with van der Waals surface area (Å²) in [6.07, 6.45) is 2.62. The Morgan fingerprint density at radius 1 is 0.771 bits per heavy atom. The third kappa shape index (κ3) is 12.8. The third-order valence-electron chi connectivity index (χ3n) is 8.09. The van der Waals surface area contributed by atoms with Gasteiger partial charge < -0.3 is 30.6 Å². The molecule has 48 heavy (non-hydrogen) atoms. The van der Waals surface area contributed by atoms with Gasteiger partial charge in [-0.2, -0.15) is 0 Å². The Morgan fingerprint density at radius 2 is 1.33 bits per heavy atom. The topological polar surface area (TPSA) is 149 Å². The largest absolute Gasteiger partial charge is 0.461 e. The number of hydrogen-bond acceptors (Lipinski definition) is 9. The van der Waals surface area contributed by atoms with E-state index in [9.17, 15) is 19.2 Å². The fourth-order valence-corrected chi connectivity index (χ4v) is 5.49. The molecular weight excluding hydrogens is 612 g/mol. The number of hydrogen-bond donors (Lipinski definition) is 3. The van der Waals surface area contributed by atoms with Gasteiger partial charge in [0.25, 0.3) is 0 Å². The number of nitrogens with one attached hydrogen (secondary N) is 2. The Labute approximate surface area is 282 Å². The van der Waals surface area contributed by atoms with Crippen LogP contribution in [-0.2, 0) is 48.4 Å². The van der Waals surface area contributed by atoms with Gasteiger partial charge in [0, 0.05) is 19.1 Å². The minimum absolute atomic E-state index is 0.0984. The van der Waals surface area contributed by atoms with Crippen molar-refractivity contribution in [3.05, 3.63) is 108 Å². The number of alkyl carbamates (subject to hydrolysis) is 1. The quantitative estimate of drug-likeness (QED) is 0.104. The number of benzene rings is 3. The number of nitrogens with zero attached hydrogens (tertiary/aromatic N) is 1. The summed E-state index contributed by atoms with van der Waals surface area (Å²) < 4.78 is 16.2. The monoisotopic (exact) mass is 658 g/mol. The molecule has 0 radical (unpaired) electrons. The van der Waals surface area contributed by atoms with E-state index in [2.05, 4.69) is 10.6 Å². The van der Waals surface area contributed by atoms with Crippen LogP contribution in [0, 0.1) is 0 Å². The number of likely N-dealkylation sites (tertiary alicyclic amines) is 1. The number of carbonyl (C=O) groups excluding carboxylic acids is 4. The van der Waals surface area contributed by atoms with Gasteiger partial charge in [-0.05, 0) is 55.3 Å². The smallest absolute Gasteiger partial charge is 0.407 e. The van der Waals surface area contributed by atoms with Gasteiger partial charge in [0.1, 0.15) is 25.9 Å². The number of esters is 2. The zero-order valence-electron chi connectivity index (χ0n) is 27.3. The van der Waals surface area contributed by atoms with Crippen molar-refractivity contribution in [1.29, 1.82) is 0 Å². The first-order chi connectivity index (χ1) is 23.4. The van der Waals surface area contributed by atoms with Gasteiger partial charge >= 0.3 is 18.0 Å². The maximum atomic E-state index is 13.2. The minimum atomic E-state index is -1.10. The molecule has 0 unspecified atom stereocenters. The van der Waals surface area contributed by atoms with Crippen molar-refractivity contribution in [2.75, 3.05) is 19.6 Å². The molecule has 0 aromatic heterocycles. The van der Waals surface area contributed by atoms with Gasteiger partial charge in [0.05, 0.1) is 12.5 Å². The lowest BCUT2D eigenvalue weighted by Crippen LogP contribution is -2.51. The highest BCUT2D eigenvalue weighted by molar-refractivity contribution is 5.86. The summed E-state index contributed by atoms with van der Waals surface area (Å²) in [5.74, 6) is -1.33. The minimum Gasteiger partial charge on any atom is -0.461 e. The van der Waals surface area contributed by atoms with E-state index in [0.717, 1.165) is 23.1 Å². The lowest BCUT2D eigenvalue weighted by Gasteiger charge is -2.29. The van der Waals surface area contributed by atoms with Crippen molar-refractivity contribution < 1.29 is 33.4 Å². The molecule has 0 saturated carbocycles. The van der Waals surface area contributed by atoms with Crippen LogP contribution in [0.25, 0.3) is 0 Å². The van der Waals surface area contributed by atoms with Gasteiger partial charge in [0.15, 0.2) is 0 Å². The number of nitrogens with two attached hydrogens (primary N) is 1. The number of unbranched alkanes of at least 4 members (excludes halogenated alkanes) is 1. The Bertz CT molecular complexity index is 1430. The SMILES string of the molecule is N[C@@H](CC(=O)OCc1ccccc1)C(=O)N[C@@H](CCCCNC(=O)OCc1ccccc1)CN1CCC[C@H]1C(=O)OCc1ccccc1. The molecule has 1 saturated heterocycles. The zero-order chi connectivity index (χ0) is 34.0. The van der Waals surface area contributed by atoms with E-state index in [0.29, 0.717) is 45.3 Å². The Hall–Kier alpha value is -4.74. The average molecular weight is 659 g/mol. The van der Waals surface area contributed by atoms with Crippen molar-refractivity contribution in [3.63, 3.8) is 0 Å². The van der Waals surface area contributed by atoms with E-state index >= 15 is 0 Å². The van der Waals surface area contributed by atoms with E-state index < -0.39 is 30.1 Å². The molecule has 3 aromatic rings. The molecule has 256 valence electrons. The van der Waals surface area contributed by atoms with Gasteiger partial charge in [-0.3, -0.25) is 19.3 Å². The number of ether oxygens (including phenoxy) is 3. The molecule has 3 aromatic carbocycles. The van der Waals surface area contributed by atoms with E-state index in [1.807, 2.05) is 95.9 Å². The fraction of sp³-hybridized carbons (Fsp3) is 0.405. The summed E-state index contributed by atoms with van der Waals surface area (Å²) in [6.45, 7) is 1.98. The van der Waals surface area contributed by atoms with E-state index in [1.54, 1.807) is 0 Å². The van der Waals surface area contributed by atoms with E-state index in [1.165, 1.54) is 0 Å². The first-order valence-corrected chi connectivity index (χ1v) is 16.5. The van der Waals surface area contributed by atoms with Gasteiger partial charge in [-0.15, -0.1) is 0 Å². The second-order valence-corrected chi connectivity index (χ2v) is 11.9. The maximum absolute atomic E-state index is 13.2. The maximum Gasteiger partial charge on any atom is 0.407 e. The van der Waals surface area contributed by atoms with Crippen LogP contribution >= 0.6 is 0 Å². The van der Waals surface area contributed by atoms with Gasteiger partial charge in [0.2, 0.25) is 5.91 Å². The molecule has 0 spiro atoms. The third-order valence-corrected chi connectivity index (χ3v) is 8.09. The molecule has 1 aliphatic heterocycles. The first-order valence-electron chi connectivity index (χ1n) is 16.5. The lowest BCUT2D eigenvalue weighted by molar-refractivity contribution is -0.150. The Balaban J connectivity index is 1.27. The van der Waals surface area contributed by atoms with Gasteiger partial charge in [-0.25, -0.2) is 4.79 Å². The zero-order valence-corrected chi connectivity index (χ0v) is 27.3. The van der Waals surface area contributed by atoms with E-state index in [-0.39, 0.29) is 38.3 Å². The molecule has 1 aliphatic rings. The standard InChI is InChI=1S/C37H46N4O7/c38-32(23-34(42)46-25-28-13-4-1-5-14-28)35(43)40-31(19-10-11-21-39-37(45)48-27-30-17-8-3-9-18-30)24-41-22-12-20-33(41)36(44)47-26-29-15-6-2-7-16-29/h1-9,13-18,31-33H,10-12,19-27,38H2,(H,39,45)(H,40,43)/t31-,32-,33-/m0/s1. The first kappa shape index (κ1) is 36.1. The average Bonchev–Trinajstić information content (AvgIpc) is 3.58. The summed E-state index contributed by atoms with van der Waals surface area (Å²) in [4.78, 5) is 52.8. The van der Waals surface area contributed by atoms with Gasteiger partial charge in [-0.1, -0.05) is 91.0 Å². The van der Waals surface area contributed by atoms with Crippen LogP contribution in [0.3, 0.4) is 0 Å². The Kier molecular flexibility index (Phi) is 14.9. The molecule has 4 N–H and O–H groups in total. The van der Waals surface area contributed by atoms with Crippen LogP contribution in [-0.4, -0.2) is 66.6 Å². The predicted octanol–water partition coefficient (Wildman–Crippen LogP) is 4.24. The summed E-state index contributed by atoms with van der Waals surface area (Å²) in [5, 5.41) is 5.76. The van der Waals surface area contributed by atoms with Crippen LogP contribution in [0.1, 0.15) is 55.2 Å². The van der Waals surface area contributed by atoms with Crippen LogP contribution in [0.15, 0.2) is 91.0 Å². The van der Waals surface area contributed by atoms with Crippen molar-refractivity contribution in [2.45, 2.75) is 76.5 Å². The van der Waals surface area contributed by atoms with Crippen molar-refractivity contribution in [1.82, 2.24) is 15.5 Å². The van der Waals surface area contributed by atoms with Crippen LogP contribution < -0.4 is 16.4 Å². The molecule has 11 heteroatoms. The molecular formula is C37H46N4O7. The molecule has 3 atom stereocenters. The van der Waals surface area contributed by atoms with Crippen molar-refractivity contribution in [3.8, 4) is 0 Å². The summed E-state index contributed by atoms with van der Waals surface area (Å²) in [6, 6.07) is 26.3. The molecule has 2 amide bonds. The van der Waals surface area contributed by atoms with Crippen LogP contribution in [0.2, 0.25) is 0 Å². The number of rotatable bonds is 18. The highest BCUT2D eigenvalue weighted by Gasteiger charge is 2.34. The second kappa shape index (κ2) is 19.8. The molecule has 1 fully saturated rings. The predicted molar refractivity (Wildman–Crippen MR) is 180 cm³/mol. The Morgan fingerprint density at radius 3 is 1.94 bits per heavy atom. The summed E-state index contributed by atoms with van der Waals surface area (Å²) in [5.41, 5.74) is 8.78. The van der Waals surface area contributed by atoms with Crippen LogP contribution in [0.5, 0.6) is 0 Å². The normalized spacial score (nSPS) is 15.6. The van der Waals surface area contributed by atoms with Crippen molar-refractivity contribution in [2.24, 2.45) is 5.73 Å². The number of amides is 2. The van der Waals surface area contributed by atoms with E-state index in [4.69, 9.17) is 19.9 Å². The highest BCUT2D eigenvalue weighted by Crippen LogP contribution is 2.21. The second-order valence-electron chi connectivity index (χ2n) is 11.9. The number of carbonyl (C=O) groups is 4. The molecule has 1 heterocycles. The summed E-state index contributed by atoms with van der Waals surface area (Å²) in [7, 11) is 0. The van der Waals surface area contributed by atoms with Crippen molar-refractivity contribution >= 4 is 23.9 Å². The molecule has 0 aliphatic carbocycles. The fourth-order valence-electron chi connectivity index (χ4n) is 5.49. The lowest BCUT2D eigenvalue weighted by atomic mass is 10.1. The highest BCUT2D eigenvalue weighted by atomic mass is 16.5.